The molecular formula is C17H25N5O. The number of nitrogens with one attached hydrogen (secondary N) is 1. The molecule has 2 rings (SSSR count). The first-order chi connectivity index (χ1) is 11.0. The third-order valence-electron chi connectivity index (χ3n) is 3.66. The summed E-state index contributed by atoms with van der Waals surface area (Å²) in [4.78, 5) is 18.0. The van der Waals surface area contributed by atoms with Gasteiger partial charge in [0.15, 0.2) is 0 Å². The average molecular weight is 315 g/mol. The van der Waals surface area contributed by atoms with Crippen LogP contribution in [0.3, 0.4) is 0 Å². The maximum absolute atomic E-state index is 12.1. The first-order valence-corrected chi connectivity index (χ1v) is 7.85. The highest BCUT2D eigenvalue weighted by atomic mass is 16.2. The van der Waals surface area contributed by atoms with Crippen LogP contribution in [-0.2, 0) is 13.1 Å². The van der Waals surface area contributed by atoms with Gasteiger partial charge in [0.1, 0.15) is 0 Å². The van der Waals surface area contributed by atoms with Crippen LogP contribution in [0.1, 0.15) is 24.0 Å². The van der Waals surface area contributed by atoms with Gasteiger partial charge in [0.2, 0.25) is 0 Å². The maximum atomic E-state index is 12.1. The lowest BCUT2D eigenvalue weighted by Gasteiger charge is -2.20. The molecule has 0 aromatic carbocycles. The third-order valence-corrected chi connectivity index (χ3v) is 3.66. The van der Waals surface area contributed by atoms with Gasteiger partial charge in [-0.05, 0) is 38.0 Å². The predicted octanol–water partition coefficient (Wildman–Crippen LogP) is 2.37. The lowest BCUT2D eigenvalue weighted by molar-refractivity contribution is 0.204. The smallest absolute Gasteiger partial charge is 0.317 e. The number of aryl methyl sites for hydroxylation is 2. The van der Waals surface area contributed by atoms with Gasteiger partial charge in [-0.2, -0.15) is 5.10 Å². The Balaban J connectivity index is 1.78. The van der Waals surface area contributed by atoms with E-state index in [9.17, 15) is 4.79 Å². The van der Waals surface area contributed by atoms with E-state index in [1.165, 1.54) is 0 Å². The molecule has 23 heavy (non-hydrogen) atoms. The molecule has 2 aromatic rings. The van der Waals surface area contributed by atoms with Crippen molar-refractivity contribution in [2.45, 2.75) is 33.9 Å². The SMILES string of the molecule is Cc1cc(C)n(CC(C)CNC(=O)N(C)Cc2ccccn2)n1. The molecule has 0 aliphatic rings. The molecule has 0 aliphatic carbocycles. The molecular weight excluding hydrogens is 290 g/mol. The summed E-state index contributed by atoms with van der Waals surface area (Å²) in [5, 5.41) is 7.42. The molecule has 0 bridgehead atoms. The Hall–Kier alpha value is -2.37. The number of pyridine rings is 1. The van der Waals surface area contributed by atoms with Crippen molar-refractivity contribution in [1.29, 1.82) is 0 Å². The van der Waals surface area contributed by atoms with Crippen molar-refractivity contribution in [2.75, 3.05) is 13.6 Å². The molecule has 1 atom stereocenters. The highest BCUT2D eigenvalue weighted by Gasteiger charge is 2.12. The third kappa shape index (κ3) is 5.09. The highest BCUT2D eigenvalue weighted by Crippen LogP contribution is 2.06. The molecule has 0 aliphatic heterocycles. The van der Waals surface area contributed by atoms with Crippen LogP contribution in [0.4, 0.5) is 4.79 Å². The number of rotatable bonds is 6. The lowest BCUT2D eigenvalue weighted by atomic mass is 10.2. The minimum absolute atomic E-state index is 0.0872. The van der Waals surface area contributed by atoms with Gasteiger partial charge in [-0.25, -0.2) is 4.79 Å². The monoisotopic (exact) mass is 315 g/mol. The van der Waals surface area contributed by atoms with Gasteiger partial charge in [-0.15, -0.1) is 0 Å². The van der Waals surface area contributed by atoms with Crippen LogP contribution < -0.4 is 5.32 Å². The van der Waals surface area contributed by atoms with Crippen LogP contribution in [0.5, 0.6) is 0 Å². The predicted molar refractivity (Wildman–Crippen MR) is 90.0 cm³/mol. The molecule has 1 N–H and O–H groups in total. The van der Waals surface area contributed by atoms with Crippen LogP contribution in [0.25, 0.3) is 0 Å². The summed E-state index contributed by atoms with van der Waals surface area (Å²) in [5.74, 6) is 0.306. The summed E-state index contributed by atoms with van der Waals surface area (Å²) >= 11 is 0. The Morgan fingerprint density at radius 2 is 2.17 bits per heavy atom. The molecule has 6 nitrogen and oxygen atoms in total. The summed E-state index contributed by atoms with van der Waals surface area (Å²) in [6.07, 6.45) is 1.73. The van der Waals surface area contributed by atoms with Crippen LogP contribution >= 0.6 is 0 Å². The van der Waals surface area contributed by atoms with Gasteiger partial charge >= 0.3 is 6.03 Å². The average Bonchev–Trinajstić information content (AvgIpc) is 2.83. The van der Waals surface area contributed by atoms with Gasteiger partial charge in [-0.1, -0.05) is 13.0 Å². The van der Waals surface area contributed by atoms with Crippen LogP contribution in [-0.4, -0.2) is 39.3 Å². The second-order valence-electron chi connectivity index (χ2n) is 6.08. The molecule has 0 saturated carbocycles. The van der Waals surface area contributed by atoms with Crippen molar-refractivity contribution in [3.63, 3.8) is 0 Å². The van der Waals surface area contributed by atoms with E-state index in [4.69, 9.17) is 0 Å². The van der Waals surface area contributed by atoms with E-state index in [-0.39, 0.29) is 6.03 Å². The number of carbonyl (C=O) groups excluding carboxylic acids is 1. The van der Waals surface area contributed by atoms with Crippen molar-refractivity contribution in [2.24, 2.45) is 5.92 Å². The Morgan fingerprint density at radius 1 is 1.39 bits per heavy atom. The van der Waals surface area contributed by atoms with E-state index in [2.05, 4.69) is 28.4 Å². The summed E-state index contributed by atoms with van der Waals surface area (Å²) in [7, 11) is 1.77. The molecule has 2 heterocycles. The molecule has 0 saturated heterocycles. The molecule has 124 valence electrons. The highest BCUT2D eigenvalue weighted by molar-refractivity contribution is 5.73. The van der Waals surface area contributed by atoms with E-state index in [0.717, 1.165) is 23.6 Å². The fourth-order valence-electron chi connectivity index (χ4n) is 2.42. The van der Waals surface area contributed by atoms with Crippen LogP contribution in [0.15, 0.2) is 30.5 Å². The van der Waals surface area contributed by atoms with Crippen molar-refractivity contribution in [3.05, 3.63) is 47.5 Å². The topological polar surface area (TPSA) is 63.1 Å². The molecule has 0 radical (unpaired) electrons. The molecule has 1 unspecified atom stereocenters. The lowest BCUT2D eigenvalue weighted by Crippen LogP contribution is -2.39. The van der Waals surface area contributed by atoms with Crippen molar-refractivity contribution in [3.8, 4) is 0 Å². The summed E-state index contributed by atoms with van der Waals surface area (Å²) in [6, 6.07) is 7.67. The summed E-state index contributed by atoms with van der Waals surface area (Å²) in [6.45, 7) is 8.05. The van der Waals surface area contributed by atoms with E-state index in [1.807, 2.05) is 36.7 Å². The second-order valence-corrected chi connectivity index (χ2v) is 6.08. The van der Waals surface area contributed by atoms with Gasteiger partial charge < -0.3 is 10.2 Å². The van der Waals surface area contributed by atoms with Gasteiger partial charge in [-0.3, -0.25) is 9.67 Å². The number of urea groups is 1. The minimum Gasteiger partial charge on any atom is -0.338 e. The zero-order valence-electron chi connectivity index (χ0n) is 14.3. The number of hydrogen-bond acceptors (Lipinski definition) is 3. The zero-order valence-corrected chi connectivity index (χ0v) is 14.3. The quantitative estimate of drug-likeness (QED) is 0.890. The number of aromatic nitrogens is 3. The Labute approximate surface area is 137 Å². The van der Waals surface area contributed by atoms with Crippen LogP contribution in [0, 0.1) is 19.8 Å². The van der Waals surface area contributed by atoms with Gasteiger partial charge in [0.25, 0.3) is 0 Å². The Morgan fingerprint density at radius 3 is 2.78 bits per heavy atom. The van der Waals surface area contributed by atoms with Crippen molar-refractivity contribution in [1.82, 2.24) is 25.0 Å². The van der Waals surface area contributed by atoms with E-state index in [1.54, 1.807) is 18.1 Å². The van der Waals surface area contributed by atoms with Gasteiger partial charge in [0.05, 0.1) is 17.9 Å². The zero-order chi connectivity index (χ0) is 16.8. The summed E-state index contributed by atoms with van der Waals surface area (Å²) < 4.78 is 1.99. The molecule has 0 spiro atoms. The fraction of sp³-hybridized carbons (Fsp3) is 0.471. The first kappa shape index (κ1) is 17.0. The molecule has 2 amide bonds. The largest absolute Gasteiger partial charge is 0.338 e. The van der Waals surface area contributed by atoms with E-state index < -0.39 is 0 Å². The van der Waals surface area contributed by atoms with E-state index in [0.29, 0.717) is 19.0 Å². The normalized spacial score (nSPS) is 12.0. The van der Waals surface area contributed by atoms with E-state index >= 15 is 0 Å². The fourth-order valence-corrected chi connectivity index (χ4v) is 2.42. The first-order valence-electron chi connectivity index (χ1n) is 7.85. The number of amides is 2. The second kappa shape index (κ2) is 7.76. The molecule has 2 aromatic heterocycles. The molecule has 0 fully saturated rings. The standard InChI is InChI=1S/C17H25N5O/c1-13(11-22-15(3)9-14(2)20-22)10-19-17(23)21(4)12-16-7-5-6-8-18-16/h5-9,13H,10-12H2,1-4H3,(H,19,23). The maximum Gasteiger partial charge on any atom is 0.317 e. The number of hydrogen-bond donors (Lipinski definition) is 1. The number of carbonyl (C=O) groups is 1. The van der Waals surface area contributed by atoms with Crippen molar-refractivity contribution >= 4 is 6.03 Å². The Kier molecular flexibility index (Phi) is 5.73. The number of nitrogens with zero attached hydrogens (tertiary/aromatic N) is 4. The van der Waals surface area contributed by atoms with Crippen LogP contribution in [0.2, 0.25) is 0 Å². The minimum atomic E-state index is -0.0872. The van der Waals surface area contributed by atoms with Crippen molar-refractivity contribution < 1.29 is 4.79 Å². The molecule has 6 heteroatoms. The summed E-state index contributed by atoms with van der Waals surface area (Å²) in [5.41, 5.74) is 3.04. The van der Waals surface area contributed by atoms with Gasteiger partial charge in [0, 0.05) is 32.0 Å². The Bertz CT molecular complexity index is 638.